The maximum atomic E-state index is 2.40. The van der Waals surface area contributed by atoms with Crippen molar-refractivity contribution >= 4 is 0 Å². The molecule has 0 spiro atoms. The monoisotopic (exact) mass is 264 g/mol. The van der Waals surface area contributed by atoms with Crippen LogP contribution in [0.3, 0.4) is 0 Å². The van der Waals surface area contributed by atoms with Crippen LogP contribution in [-0.2, 0) is 0 Å². The summed E-state index contributed by atoms with van der Waals surface area (Å²) in [7, 11) is 0. The second-order valence-corrected chi connectivity index (χ2v) is 7.48. The molecule has 0 nitrogen and oxygen atoms in total. The first-order chi connectivity index (χ1) is 9.33. The summed E-state index contributed by atoms with van der Waals surface area (Å²) in [5.41, 5.74) is 0. The van der Waals surface area contributed by atoms with Gasteiger partial charge in [-0.15, -0.1) is 0 Å². The highest BCUT2D eigenvalue weighted by Crippen LogP contribution is 2.43. The Labute approximate surface area is 121 Å². The fourth-order valence-corrected chi connectivity index (χ4v) is 4.76. The molecule has 0 aliphatic heterocycles. The average Bonchev–Trinajstić information content (AvgIpc) is 2.48. The van der Waals surface area contributed by atoms with Gasteiger partial charge in [0.1, 0.15) is 0 Å². The Morgan fingerprint density at radius 1 is 0.737 bits per heavy atom. The summed E-state index contributed by atoms with van der Waals surface area (Å²) in [5.74, 6) is 4.38. The first kappa shape index (κ1) is 15.4. The predicted molar refractivity (Wildman–Crippen MR) is 85.3 cm³/mol. The maximum Gasteiger partial charge on any atom is -0.0383 e. The molecule has 0 heterocycles. The average molecular weight is 264 g/mol. The van der Waals surface area contributed by atoms with Gasteiger partial charge in [0.15, 0.2) is 0 Å². The van der Waals surface area contributed by atoms with Gasteiger partial charge in [0.2, 0.25) is 0 Å². The molecule has 2 aliphatic carbocycles. The highest BCUT2D eigenvalue weighted by atomic mass is 14.4. The van der Waals surface area contributed by atoms with E-state index in [9.17, 15) is 0 Å². The van der Waals surface area contributed by atoms with Gasteiger partial charge in [-0.3, -0.25) is 0 Å². The van der Waals surface area contributed by atoms with Gasteiger partial charge in [-0.05, 0) is 42.9 Å². The molecule has 0 radical (unpaired) electrons. The molecule has 0 saturated heterocycles. The lowest BCUT2D eigenvalue weighted by Crippen LogP contribution is -2.26. The Bertz CT molecular complexity index is 224. The third-order valence-electron chi connectivity index (χ3n) is 6.17. The minimum atomic E-state index is 1.07. The van der Waals surface area contributed by atoms with Crippen LogP contribution < -0.4 is 0 Å². The number of unbranched alkanes of at least 4 members (excludes halogenated alkanes) is 2. The van der Waals surface area contributed by atoms with Crippen molar-refractivity contribution < 1.29 is 0 Å². The minimum Gasteiger partial charge on any atom is -0.0654 e. The molecule has 0 aromatic carbocycles. The molecular formula is C19H36. The van der Waals surface area contributed by atoms with Crippen molar-refractivity contribution in [3.63, 3.8) is 0 Å². The number of hydrogen-bond donors (Lipinski definition) is 0. The van der Waals surface area contributed by atoms with Crippen LogP contribution in [0.4, 0.5) is 0 Å². The summed E-state index contributed by atoms with van der Waals surface area (Å²) in [4.78, 5) is 0. The van der Waals surface area contributed by atoms with Gasteiger partial charge in [0.05, 0.1) is 0 Å². The van der Waals surface area contributed by atoms with Crippen LogP contribution in [-0.4, -0.2) is 0 Å². The Morgan fingerprint density at radius 2 is 1.53 bits per heavy atom. The van der Waals surface area contributed by atoms with E-state index in [0.717, 1.165) is 23.7 Å². The molecule has 2 atom stereocenters. The predicted octanol–water partition coefficient (Wildman–Crippen LogP) is 6.59. The Morgan fingerprint density at radius 3 is 2.21 bits per heavy atom. The molecule has 0 bridgehead atoms. The molecule has 0 unspecified atom stereocenters. The van der Waals surface area contributed by atoms with Gasteiger partial charge < -0.3 is 0 Å². The van der Waals surface area contributed by atoms with Crippen LogP contribution in [0, 0.1) is 23.7 Å². The van der Waals surface area contributed by atoms with Crippen LogP contribution in [0.1, 0.15) is 97.3 Å². The van der Waals surface area contributed by atoms with Crippen molar-refractivity contribution in [3.05, 3.63) is 0 Å². The lowest BCUT2D eigenvalue weighted by Gasteiger charge is -2.38. The van der Waals surface area contributed by atoms with Gasteiger partial charge in [-0.2, -0.15) is 0 Å². The van der Waals surface area contributed by atoms with Gasteiger partial charge in [0, 0.05) is 0 Å². The van der Waals surface area contributed by atoms with E-state index in [-0.39, 0.29) is 0 Å². The Kier molecular flexibility index (Phi) is 6.74. The molecule has 0 amide bonds. The van der Waals surface area contributed by atoms with E-state index in [4.69, 9.17) is 0 Å². The molecule has 0 N–H and O–H groups in total. The lowest BCUT2D eigenvalue weighted by molar-refractivity contribution is 0.135. The largest absolute Gasteiger partial charge is 0.0654 e. The summed E-state index contributed by atoms with van der Waals surface area (Å²) >= 11 is 0. The van der Waals surface area contributed by atoms with Crippen molar-refractivity contribution in [1.29, 1.82) is 0 Å². The standard InChI is InChI=1S/C19H36/c1-3-5-6-8-17-11-13-18(14-12-17)19-10-7-9-16(4-2)15-19/h16-19H,3-15H2,1-2H3/t16-,17?,18?,19-/m1/s1. The third kappa shape index (κ3) is 4.80. The molecule has 2 rings (SSSR count). The molecule has 2 fully saturated rings. The minimum absolute atomic E-state index is 1.07. The van der Waals surface area contributed by atoms with E-state index in [1.807, 2.05) is 0 Å². The van der Waals surface area contributed by atoms with E-state index in [0.29, 0.717) is 0 Å². The van der Waals surface area contributed by atoms with Crippen molar-refractivity contribution in [2.45, 2.75) is 97.3 Å². The van der Waals surface area contributed by atoms with Gasteiger partial charge in [0.25, 0.3) is 0 Å². The molecule has 2 aliphatic rings. The summed E-state index contributed by atoms with van der Waals surface area (Å²) in [5, 5.41) is 0. The van der Waals surface area contributed by atoms with Gasteiger partial charge in [-0.25, -0.2) is 0 Å². The Balaban J connectivity index is 1.67. The zero-order valence-corrected chi connectivity index (χ0v) is 13.5. The van der Waals surface area contributed by atoms with Crippen LogP contribution >= 0.6 is 0 Å². The molecule has 19 heavy (non-hydrogen) atoms. The Hall–Kier alpha value is 0. The van der Waals surface area contributed by atoms with Crippen molar-refractivity contribution in [1.82, 2.24) is 0 Å². The van der Waals surface area contributed by atoms with E-state index < -0.39 is 0 Å². The first-order valence-electron chi connectivity index (χ1n) is 9.33. The second-order valence-electron chi connectivity index (χ2n) is 7.48. The van der Waals surface area contributed by atoms with Crippen molar-refractivity contribution in [2.24, 2.45) is 23.7 Å². The summed E-state index contributed by atoms with van der Waals surface area (Å²) in [6.45, 7) is 4.72. The van der Waals surface area contributed by atoms with E-state index in [2.05, 4.69) is 13.8 Å². The highest BCUT2D eigenvalue weighted by Gasteiger charge is 2.30. The molecule has 0 aromatic heterocycles. The molecule has 0 aromatic rings. The lowest BCUT2D eigenvalue weighted by atomic mass is 9.68. The zero-order chi connectivity index (χ0) is 13.5. The van der Waals surface area contributed by atoms with Crippen LogP contribution in [0.5, 0.6) is 0 Å². The van der Waals surface area contributed by atoms with Crippen molar-refractivity contribution in [2.75, 3.05) is 0 Å². The van der Waals surface area contributed by atoms with E-state index in [1.165, 1.54) is 44.9 Å². The molecule has 2 saturated carbocycles. The van der Waals surface area contributed by atoms with Crippen LogP contribution in [0.25, 0.3) is 0 Å². The van der Waals surface area contributed by atoms with E-state index in [1.54, 1.807) is 38.5 Å². The number of rotatable bonds is 6. The van der Waals surface area contributed by atoms with Gasteiger partial charge >= 0.3 is 0 Å². The smallest absolute Gasteiger partial charge is 0.0383 e. The van der Waals surface area contributed by atoms with Crippen LogP contribution in [0.15, 0.2) is 0 Å². The fraction of sp³-hybridized carbons (Fsp3) is 1.00. The molecule has 0 heteroatoms. The number of hydrogen-bond acceptors (Lipinski definition) is 0. The fourth-order valence-electron chi connectivity index (χ4n) is 4.76. The van der Waals surface area contributed by atoms with Gasteiger partial charge in [-0.1, -0.05) is 78.1 Å². The first-order valence-corrected chi connectivity index (χ1v) is 9.33. The summed E-state index contributed by atoms with van der Waals surface area (Å²) < 4.78 is 0. The van der Waals surface area contributed by atoms with E-state index >= 15 is 0 Å². The summed E-state index contributed by atoms with van der Waals surface area (Å²) in [6.07, 6.45) is 19.7. The molecule has 112 valence electrons. The van der Waals surface area contributed by atoms with Crippen LogP contribution in [0.2, 0.25) is 0 Å². The highest BCUT2D eigenvalue weighted by molar-refractivity contribution is 4.82. The topological polar surface area (TPSA) is 0 Å². The van der Waals surface area contributed by atoms with Crippen molar-refractivity contribution in [3.8, 4) is 0 Å². The molecular weight excluding hydrogens is 228 g/mol. The second kappa shape index (κ2) is 8.32. The third-order valence-corrected chi connectivity index (χ3v) is 6.17. The summed E-state index contributed by atoms with van der Waals surface area (Å²) in [6, 6.07) is 0. The zero-order valence-electron chi connectivity index (χ0n) is 13.5. The SMILES string of the molecule is CCCCCC1CCC([C@@H]2CCC[C@@H](CC)C2)CC1. The normalized spacial score (nSPS) is 36.3. The maximum absolute atomic E-state index is 2.40. The quantitative estimate of drug-likeness (QED) is 0.475.